The first-order valence-electron chi connectivity index (χ1n) is 13.2. The molecule has 0 saturated heterocycles. The molecule has 11 heteroatoms. The first kappa shape index (κ1) is 32.6. The summed E-state index contributed by atoms with van der Waals surface area (Å²) >= 11 is 0. The van der Waals surface area contributed by atoms with E-state index in [2.05, 4.69) is 15.4 Å². The molecule has 0 bridgehead atoms. The van der Waals surface area contributed by atoms with Crippen molar-refractivity contribution in [2.45, 2.75) is 58.7 Å². The van der Waals surface area contributed by atoms with E-state index in [-0.39, 0.29) is 44.1 Å². The number of amides is 1. The topological polar surface area (TPSA) is 125 Å². The predicted molar refractivity (Wildman–Crippen MR) is 151 cm³/mol. The van der Waals surface area contributed by atoms with Gasteiger partial charge in [-0.15, -0.1) is 0 Å². The zero-order valence-corrected chi connectivity index (χ0v) is 24.3. The minimum absolute atomic E-state index is 0.176. The number of nitrogens with zero attached hydrogens (tertiary/aromatic N) is 1. The van der Waals surface area contributed by atoms with Gasteiger partial charge in [0, 0.05) is 30.5 Å². The molecule has 0 saturated carbocycles. The first-order valence-corrected chi connectivity index (χ1v) is 15.0. The molecule has 0 aliphatic rings. The molecule has 2 rings (SSSR count). The van der Waals surface area contributed by atoms with Crippen LogP contribution in [0, 0.1) is 0 Å². The Hall–Kier alpha value is -2.62. The Labute approximate surface area is 231 Å². The van der Waals surface area contributed by atoms with Gasteiger partial charge in [0.25, 0.3) is 7.52 Å². The van der Waals surface area contributed by atoms with Gasteiger partial charge in [0.1, 0.15) is 5.60 Å². The summed E-state index contributed by atoms with van der Waals surface area (Å²) in [6.07, 6.45) is 3.00. The van der Waals surface area contributed by atoms with Crippen molar-refractivity contribution in [2.75, 3.05) is 44.9 Å². The number of aromatic nitrogens is 1. The number of hydrogen-bond donors (Lipinski definition) is 2. The number of rotatable bonds is 18. The highest BCUT2D eigenvalue weighted by molar-refractivity contribution is 7.56. The lowest BCUT2D eigenvalue weighted by Crippen LogP contribution is -2.24. The molecule has 2 aromatic rings. The lowest BCUT2D eigenvalue weighted by molar-refractivity contribution is -0.156. The van der Waals surface area contributed by atoms with Gasteiger partial charge in [0.2, 0.25) is 5.91 Å². The standard InChI is InChI=1S/C28H42N3O7P/c1-5-37-39(34,30-17-13-24-8-6-7-16-29-24)22-23-9-11-25(12-10-23)31-26(32)14-18-35-20-21-36-19-15-27(33)38-28(2,3)4/h6-12,16H,5,13-15,17-22H2,1-4H3,(H,30,34)(H,31,32). The molecule has 216 valence electrons. The highest BCUT2D eigenvalue weighted by Gasteiger charge is 2.22. The van der Waals surface area contributed by atoms with Crippen LogP contribution in [0.15, 0.2) is 48.7 Å². The minimum Gasteiger partial charge on any atom is -0.460 e. The highest BCUT2D eigenvalue weighted by Crippen LogP contribution is 2.45. The third-order valence-corrected chi connectivity index (χ3v) is 7.30. The summed E-state index contributed by atoms with van der Waals surface area (Å²) in [5.41, 5.74) is 1.89. The van der Waals surface area contributed by atoms with Gasteiger partial charge in [0.15, 0.2) is 0 Å². The van der Waals surface area contributed by atoms with E-state index in [1.54, 1.807) is 18.3 Å². The molecular weight excluding hydrogens is 521 g/mol. The second kappa shape index (κ2) is 17.2. The zero-order chi connectivity index (χ0) is 28.6. The predicted octanol–water partition coefficient (Wildman–Crippen LogP) is 4.74. The normalized spacial score (nSPS) is 13.0. The van der Waals surface area contributed by atoms with E-state index in [0.717, 1.165) is 11.3 Å². The first-order chi connectivity index (χ1) is 18.6. The Morgan fingerprint density at radius 1 is 0.949 bits per heavy atom. The molecule has 0 aliphatic heterocycles. The monoisotopic (exact) mass is 563 g/mol. The van der Waals surface area contributed by atoms with Crippen molar-refractivity contribution in [3.05, 3.63) is 59.9 Å². The van der Waals surface area contributed by atoms with E-state index >= 15 is 0 Å². The minimum atomic E-state index is -3.08. The molecule has 10 nitrogen and oxygen atoms in total. The van der Waals surface area contributed by atoms with Crippen LogP contribution in [-0.2, 0) is 45.5 Å². The largest absolute Gasteiger partial charge is 0.460 e. The molecule has 1 amide bonds. The molecule has 1 heterocycles. The second-order valence-corrected chi connectivity index (χ2v) is 12.0. The third-order valence-electron chi connectivity index (χ3n) is 5.14. The van der Waals surface area contributed by atoms with E-state index in [9.17, 15) is 14.2 Å². The van der Waals surface area contributed by atoms with E-state index in [0.29, 0.717) is 38.5 Å². The number of pyridine rings is 1. The molecule has 0 spiro atoms. The number of anilines is 1. The molecule has 39 heavy (non-hydrogen) atoms. The summed E-state index contributed by atoms with van der Waals surface area (Å²) in [5.74, 6) is -0.477. The van der Waals surface area contributed by atoms with Gasteiger partial charge in [-0.05, 0) is 57.5 Å². The van der Waals surface area contributed by atoms with Gasteiger partial charge in [-0.25, -0.2) is 5.09 Å². The Kier molecular flexibility index (Phi) is 14.3. The maximum atomic E-state index is 13.3. The molecule has 1 atom stereocenters. The van der Waals surface area contributed by atoms with Crippen molar-refractivity contribution in [1.29, 1.82) is 0 Å². The summed E-state index contributed by atoms with van der Waals surface area (Å²) in [5, 5.41) is 5.91. The molecule has 0 radical (unpaired) electrons. The van der Waals surface area contributed by atoms with Crippen LogP contribution in [0.2, 0.25) is 0 Å². The van der Waals surface area contributed by atoms with E-state index in [1.165, 1.54) is 0 Å². The van der Waals surface area contributed by atoms with E-state index < -0.39 is 13.1 Å². The van der Waals surface area contributed by atoms with E-state index in [4.69, 9.17) is 18.7 Å². The average Bonchev–Trinajstić information content (AvgIpc) is 2.86. The molecule has 0 aliphatic carbocycles. The maximum absolute atomic E-state index is 13.3. The van der Waals surface area contributed by atoms with Crippen LogP contribution in [0.5, 0.6) is 0 Å². The maximum Gasteiger partial charge on any atom is 0.308 e. The van der Waals surface area contributed by atoms with Crippen LogP contribution in [0.3, 0.4) is 0 Å². The summed E-state index contributed by atoms with van der Waals surface area (Å²) in [4.78, 5) is 28.1. The summed E-state index contributed by atoms with van der Waals surface area (Å²) < 4.78 is 34.9. The van der Waals surface area contributed by atoms with Gasteiger partial charge in [-0.2, -0.15) is 0 Å². The molecule has 1 aromatic carbocycles. The van der Waals surface area contributed by atoms with E-state index in [1.807, 2.05) is 58.0 Å². The molecule has 0 fully saturated rings. The molecule has 2 N–H and O–H groups in total. The fourth-order valence-corrected chi connectivity index (χ4v) is 5.30. The van der Waals surface area contributed by atoms with Crippen molar-refractivity contribution in [2.24, 2.45) is 0 Å². The SMILES string of the molecule is CCOP(=O)(Cc1ccc(NC(=O)CCOCCOCCC(=O)OC(C)(C)C)cc1)NCCc1ccccn1. The van der Waals surface area contributed by atoms with Crippen LogP contribution in [0.1, 0.15) is 51.8 Å². The number of esters is 1. The van der Waals surface area contributed by atoms with Crippen LogP contribution in [-0.4, -0.2) is 62.0 Å². The van der Waals surface area contributed by atoms with Gasteiger partial charge in [-0.3, -0.25) is 19.1 Å². The number of hydrogen-bond acceptors (Lipinski definition) is 8. The fourth-order valence-electron chi connectivity index (χ4n) is 3.45. The second-order valence-electron chi connectivity index (χ2n) is 9.78. The van der Waals surface area contributed by atoms with Crippen LogP contribution in [0.4, 0.5) is 5.69 Å². The van der Waals surface area contributed by atoms with Gasteiger partial charge in [-0.1, -0.05) is 18.2 Å². The molecular formula is C28H42N3O7P. The van der Waals surface area contributed by atoms with Gasteiger partial charge in [0.05, 0.1) is 52.0 Å². The van der Waals surface area contributed by atoms with Crippen LogP contribution in [0.25, 0.3) is 0 Å². The average molecular weight is 564 g/mol. The molecule has 1 aromatic heterocycles. The van der Waals surface area contributed by atoms with Crippen LogP contribution >= 0.6 is 7.52 Å². The summed E-state index contributed by atoms with van der Waals surface area (Å²) in [7, 11) is -3.08. The fraction of sp³-hybridized carbons (Fsp3) is 0.536. The number of carbonyl (C=O) groups excluding carboxylic acids is 2. The number of nitrogens with one attached hydrogen (secondary N) is 2. The summed E-state index contributed by atoms with van der Waals surface area (Å²) in [6, 6.07) is 12.9. The highest BCUT2D eigenvalue weighted by atomic mass is 31.2. The van der Waals surface area contributed by atoms with Crippen molar-refractivity contribution in [1.82, 2.24) is 10.1 Å². The lowest BCUT2D eigenvalue weighted by Gasteiger charge is -2.19. The number of benzene rings is 1. The lowest BCUT2D eigenvalue weighted by atomic mass is 10.2. The molecule has 1 unspecified atom stereocenters. The van der Waals surface area contributed by atoms with Gasteiger partial charge >= 0.3 is 5.97 Å². The third kappa shape index (κ3) is 14.9. The number of carbonyl (C=O) groups is 2. The van der Waals surface area contributed by atoms with Crippen LogP contribution < -0.4 is 10.4 Å². The van der Waals surface area contributed by atoms with Gasteiger partial charge < -0.3 is 24.1 Å². The van der Waals surface area contributed by atoms with Crippen molar-refractivity contribution in [3.63, 3.8) is 0 Å². The Bertz CT molecular complexity index is 1040. The quantitative estimate of drug-likeness (QED) is 0.150. The Morgan fingerprint density at radius 3 is 2.26 bits per heavy atom. The Morgan fingerprint density at radius 2 is 1.64 bits per heavy atom. The number of ether oxygens (including phenoxy) is 3. The van der Waals surface area contributed by atoms with Crippen molar-refractivity contribution in [3.8, 4) is 0 Å². The zero-order valence-electron chi connectivity index (χ0n) is 23.4. The Balaban J connectivity index is 1.64. The summed E-state index contributed by atoms with van der Waals surface area (Å²) in [6.45, 7) is 9.26. The van der Waals surface area contributed by atoms with Crippen molar-refractivity contribution >= 4 is 25.1 Å². The smallest absolute Gasteiger partial charge is 0.308 e. The van der Waals surface area contributed by atoms with Crippen molar-refractivity contribution < 1.29 is 32.9 Å².